The van der Waals surface area contributed by atoms with Crippen molar-refractivity contribution in [2.75, 3.05) is 16.5 Å². The SMILES string of the molecule is CC1=NN(c2ccc(Cl)cc2)C(=O)C12Cc1c(C)nn(-c3ccccc3)c1N1CCCC12. The van der Waals surface area contributed by atoms with Gasteiger partial charge in [0.15, 0.2) is 0 Å². The fourth-order valence-corrected chi connectivity index (χ4v) is 5.83. The van der Waals surface area contributed by atoms with Crippen LogP contribution in [-0.4, -0.2) is 34.0 Å². The molecule has 7 heteroatoms. The molecule has 1 fully saturated rings. The van der Waals surface area contributed by atoms with Crippen molar-refractivity contribution in [3.8, 4) is 5.69 Å². The molecule has 1 spiro atoms. The number of rotatable bonds is 2. The third-order valence-electron chi connectivity index (χ3n) is 7.25. The first kappa shape index (κ1) is 19.6. The van der Waals surface area contributed by atoms with Crippen molar-refractivity contribution >= 4 is 34.7 Å². The summed E-state index contributed by atoms with van der Waals surface area (Å²) in [5.41, 5.74) is 4.13. The highest BCUT2D eigenvalue weighted by Gasteiger charge is 2.60. The summed E-state index contributed by atoms with van der Waals surface area (Å²) in [6, 6.07) is 17.6. The Morgan fingerprint density at radius 3 is 2.53 bits per heavy atom. The molecule has 0 N–H and O–H groups in total. The fraction of sp³-hybridized carbons (Fsp3) is 0.320. The van der Waals surface area contributed by atoms with E-state index in [-0.39, 0.29) is 11.9 Å². The van der Waals surface area contributed by atoms with Crippen LogP contribution in [0.4, 0.5) is 11.5 Å². The smallest absolute Gasteiger partial charge is 0.261 e. The predicted octanol–water partition coefficient (Wildman–Crippen LogP) is 4.77. The molecule has 0 aliphatic carbocycles. The summed E-state index contributed by atoms with van der Waals surface area (Å²) >= 11 is 6.07. The van der Waals surface area contributed by atoms with E-state index in [4.69, 9.17) is 21.8 Å². The minimum atomic E-state index is -0.668. The number of hydrazone groups is 1. The zero-order valence-electron chi connectivity index (χ0n) is 18.1. The summed E-state index contributed by atoms with van der Waals surface area (Å²) in [7, 11) is 0. The Bertz CT molecular complexity index is 1250. The number of halogens is 1. The molecule has 6 rings (SSSR count). The Morgan fingerprint density at radius 1 is 1.03 bits per heavy atom. The van der Waals surface area contributed by atoms with E-state index in [9.17, 15) is 4.79 Å². The molecular weight excluding hydrogens is 422 g/mol. The molecule has 32 heavy (non-hydrogen) atoms. The van der Waals surface area contributed by atoms with E-state index < -0.39 is 5.41 Å². The van der Waals surface area contributed by atoms with Crippen molar-refractivity contribution in [2.45, 2.75) is 39.2 Å². The second kappa shape index (κ2) is 6.94. The first-order valence-electron chi connectivity index (χ1n) is 11.1. The number of fused-ring (bicyclic) bond motifs is 4. The standard InChI is InChI=1S/C25H24ClN5O/c1-16-21-15-25(17(2)28-31(24(25)32)20-12-10-18(26)11-13-20)22-9-6-14-29(22)23(21)30(27-16)19-7-4-3-5-8-19/h3-5,7-8,10-13,22H,6,9,14-15H2,1-2H3. The van der Waals surface area contributed by atoms with Crippen molar-refractivity contribution in [1.82, 2.24) is 9.78 Å². The van der Waals surface area contributed by atoms with E-state index in [1.54, 1.807) is 17.1 Å². The van der Waals surface area contributed by atoms with Crippen LogP contribution in [0.1, 0.15) is 31.0 Å². The summed E-state index contributed by atoms with van der Waals surface area (Å²) in [5, 5.41) is 11.9. The zero-order valence-corrected chi connectivity index (χ0v) is 18.9. The molecule has 4 heterocycles. The van der Waals surface area contributed by atoms with Gasteiger partial charge in [0.2, 0.25) is 0 Å². The van der Waals surface area contributed by atoms with E-state index in [1.165, 1.54) is 0 Å². The van der Waals surface area contributed by atoms with Gasteiger partial charge in [0.05, 0.1) is 28.8 Å². The molecule has 2 atom stereocenters. The number of amides is 1. The maximum Gasteiger partial charge on any atom is 0.261 e. The molecule has 1 amide bonds. The lowest BCUT2D eigenvalue weighted by molar-refractivity contribution is -0.124. The Labute approximate surface area is 192 Å². The van der Waals surface area contributed by atoms with Gasteiger partial charge < -0.3 is 4.90 Å². The molecule has 1 aromatic heterocycles. The Morgan fingerprint density at radius 2 is 1.78 bits per heavy atom. The summed E-state index contributed by atoms with van der Waals surface area (Å²) in [5.74, 6) is 1.18. The van der Waals surface area contributed by atoms with Gasteiger partial charge in [-0.25, -0.2) is 4.68 Å². The third kappa shape index (κ3) is 2.56. The number of aromatic nitrogens is 2. The third-order valence-corrected chi connectivity index (χ3v) is 7.50. The number of hydrogen-bond donors (Lipinski definition) is 0. The van der Waals surface area contributed by atoms with Crippen LogP contribution in [0, 0.1) is 12.3 Å². The predicted molar refractivity (Wildman–Crippen MR) is 127 cm³/mol. The maximum absolute atomic E-state index is 14.0. The highest BCUT2D eigenvalue weighted by Crippen LogP contribution is 2.51. The molecule has 2 aromatic carbocycles. The first-order valence-corrected chi connectivity index (χ1v) is 11.4. The molecule has 1 saturated heterocycles. The molecule has 0 saturated carbocycles. The maximum atomic E-state index is 14.0. The van der Waals surface area contributed by atoms with Crippen LogP contribution in [0.2, 0.25) is 5.02 Å². The second-order valence-electron chi connectivity index (χ2n) is 8.91. The molecule has 2 unspecified atom stereocenters. The van der Waals surface area contributed by atoms with E-state index in [2.05, 4.69) is 21.7 Å². The van der Waals surface area contributed by atoms with Crippen LogP contribution < -0.4 is 9.91 Å². The van der Waals surface area contributed by atoms with E-state index in [1.807, 2.05) is 44.2 Å². The van der Waals surface area contributed by atoms with Gasteiger partial charge in [-0.3, -0.25) is 4.79 Å². The lowest BCUT2D eigenvalue weighted by atomic mass is 9.68. The lowest BCUT2D eigenvalue weighted by Crippen LogP contribution is -2.57. The van der Waals surface area contributed by atoms with Gasteiger partial charge >= 0.3 is 0 Å². The second-order valence-corrected chi connectivity index (χ2v) is 9.35. The molecule has 3 aromatic rings. The van der Waals surface area contributed by atoms with Crippen molar-refractivity contribution in [2.24, 2.45) is 10.5 Å². The summed E-state index contributed by atoms with van der Waals surface area (Å²) in [4.78, 5) is 16.5. The lowest BCUT2D eigenvalue weighted by Gasteiger charge is -2.44. The fourth-order valence-electron chi connectivity index (χ4n) is 5.70. The monoisotopic (exact) mass is 445 g/mol. The van der Waals surface area contributed by atoms with Gasteiger partial charge in [0, 0.05) is 17.1 Å². The van der Waals surface area contributed by atoms with E-state index in [0.717, 1.165) is 53.5 Å². The normalized spacial score (nSPS) is 24.2. The highest BCUT2D eigenvalue weighted by atomic mass is 35.5. The minimum absolute atomic E-state index is 0.0479. The van der Waals surface area contributed by atoms with Crippen LogP contribution in [-0.2, 0) is 11.2 Å². The van der Waals surface area contributed by atoms with Crippen LogP contribution >= 0.6 is 11.6 Å². The average molecular weight is 446 g/mol. The van der Waals surface area contributed by atoms with Crippen LogP contribution in [0.5, 0.6) is 0 Å². The van der Waals surface area contributed by atoms with Gasteiger partial charge in [0.25, 0.3) is 5.91 Å². The number of para-hydroxylation sites is 1. The van der Waals surface area contributed by atoms with Gasteiger partial charge in [-0.2, -0.15) is 15.2 Å². The highest BCUT2D eigenvalue weighted by molar-refractivity contribution is 6.30. The molecule has 0 bridgehead atoms. The summed E-state index contributed by atoms with van der Waals surface area (Å²) in [6.45, 7) is 4.97. The number of benzene rings is 2. The van der Waals surface area contributed by atoms with E-state index >= 15 is 0 Å². The van der Waals surface area contributed by atoms with Crippen molar-refractivity contribution in [1.29, 1.82) is 0 Å². The Kier molecular flexibility index (Phi) is 4.24. The molecular formula is C25H24ClN5O. The van der Waals surface area contributed by atoms with Crippen molar-refractivity contribution < 1.29 is 4.79 Å². The summed E-state index contributed by atoms with van der Waals surface area (Å²) < 4.78 is 2.05. The molecule has 0 radical (unpaired) electrons. The van der Waals surface area contributed by atoms with Crippen molar-refractivity contribution in [3.05, 3.63) is 70.9 Å². The topological polar surface area (TPSA) is 53.7 Å². The largest absolute Gasteiger partial charge is 0.352 e. The number of carbonyl (C=O) groups is 1. The molecule has 3 aliphatic rings. The van der Waals surface area contributed by atoms with Crippen LogP contribution in [0.15, 0.2) is 59.7 Å². The molecule has 162 valence electrons. The molecule has 6 nitrogen and oxygen atoms in total. The first-order chi connectivity index (χ1) is 15.5. The Balaban J connectivity index is 1.48. The van der Waals surface area contributed by atoms with Crippen molar-refractivity contribution in [3.63, 3.8) is 0 Å². The van der Waals surface area contributed by atoms with Gasteiger partial charge in [-0.15, -0.1) is 0 Å². The van der Waals surface area contributed by atoms with Gasteiger partial charge in [-0.1, -0.05) is 29.8 Å². The number of carbonyl (C=O) groups excluding carboxylic acids is 1. The van der Waals surface area contributed by atoms with Gasteiger partial charge in [-0.05, 0) is 69.5 Å². The van der Waals surface area contributed by atoms with E-state index in [0.29, 0.717) is 11.4 Å². The minimum Gasteiger partial charge on any atom is -0.352 e. The zero-order chi connectivity index (χ0) is 22.0. The van der Waals surface area contributed by atoms with Crippen LogP contribution in [0.3, 0.4) is 0 Å². The summed E-state index contributed by atoms with van der Waals surface area (Å²) in [6.07, 6.45) is 2.64. The van der Waals surface area contributed by atoms with Crippen LogP contribution in [0.25, 0.3) is 5.69 Å². The Hall–Kier alpha value is -3.12. The number of anilines is 2. The average Bonchev–Trinajstić information content (AvgIpc) is 3.48. The van der Waals surface area contributed by atoms with Gasteiger partial charge in [0.1, 0.15) is 11.2 Å². The number of nitrogens with zero attached hydrogens (tertiary/aromatic N) is 5. The molecule has 3 aliphatic heterocycles. The quantitative estimate of drug-likeness (QED) is 0.571. The number of hydrogen-bond acceptors (Lipinski definition) is 4. The number of aryl methyl sites for hydroxylation is 1.